The maximum Gasteiger partial charge on any atom is 0.555 e. The molecule has 0 saturated carbocycles. The molecule has 2 atom stereocenters. The van der Waals surface area contributed by atoms with E-state index in [4.69, 9.17) is 14.2 Å². The third-order valence-corrected chi connectivity index (χ3v) is 5.21. The number of hydrogen-bond acceptors (Lipinski definition) is 6. The third kappa shape index (κ3) is 2.75. The van der Waals surface area contributed by atoms with Gasteiger partial charge in [-0.1, -0.05) is 0 Å². The lowest BCUT2D eigenvalue weighted by molar-refractivity contribution is -0.169. The van der Waals surface area contributed by atoms with E-state index in [2.05, 4.69) is 0 Å². The van der Waals surface area contributed by atoms with E-state index in [9.17, 15) is 18.8 Å². The summed E-state index contributed by atoms with van der Waals surface area (Å²) in [4.78, 5) is 13.5. The summed E-state index contributed by atoms with van der Waals surface area (Å²) in [5.41, 5.74) is -0.358. The van der Waals surface area contributed by atoms with Crippen molar-refractivity contribution < 1.29 is 33.0 Å². The minimum absolute atomic E-state index is 0.0992. The van der Waals surface area contributed by atoms with E-state index in [1.165, 1.54) is 0 Å². The second-order valence-electron chi connectivity index (χ2n) is 7.00. The fourth-order valence-electron chi connectivity index (χ4n) is 3.88. The summed E-state index contributed by atoms with van der Waals surface area (Å²) in [6, 6.07) is 1.98. The van der Waals surface area contributed by atoms with Crippen molar-refractivity contribution in [3.8, 4) is 0 Å². The normalized spacial score (nSPS) is 30.8. The van der Waals surface area contributed by atoms with Crippen LogP contribution >= 0.6 is 0 Å². The van der Waals surface area contributed by atoms with Crippen LogP contribution in [-0.2, 0) is 14.2 Å². The molecule has 142 valence electrons. The van der Waals surface area contributed by atoms with Crippen LogP contribution < -0.4 is 9.55 Å². The van der Waals surface area contributed by atoms with Crippen LogP contribution in [0, 0.1) is 11.6 Å². The Morgan fingerprint density at radius 3 is 2.27 bits per heavy atom. The van der Waals surface area contributed by atoms with E-state index in [0.29, 0.717) is 39.1 Å². The molecule has 0 aromatic heterocycles. The maximum absolute atomic E-state index is 14.7. The summed E-state index contributed by atoms with van der Waals surface area (Å²) in [5.74, 6) is -2.30. The van der Waals surface area contributed by atoms with Crippen LogP contribution in [0.5, 0.6) is 0 Å². The summed E-state index contributed by atoms with van der Waals surface area (Å²) in [6.07, 6.45) is -0.461. The molecule has 3 saturated heterocycles. The summed E-state index contributed by atoms with van der Waals surface area (Å²) in [6.45, 7) is 3.32. The molecule has 1 aromatic rings. The zero-order chi connectivity index (χ0) is 18.5. The minimum Gasteiger partial charge on any atom is -0.408 e. The summed E-state index contributed by atoms with van der Waals surface area (Å²) >= 11 is 0. The molecule has 1 amide bonds. The second kappa shape index (κ2) is 6.12. The zero-order valence-corrected chi connectivity index (χ0v) is 14.4. The van der Waals surface area contributed by atoms with Gasteiger partial charge >= 0.3 is 6.09 Å². The number of halogens is 2. The molecule has 3 fully saturated rings. The number of nitrogens with zero attached hydrogens (tertiary/aromatic N) is 2. The molecule has 1 N–H and O–H groups in total. The molecule has 1 aromatic carbocycles. The highest BCUT2D eigenvalue weighted by atomic mass is 19.1. The van der Waals surface area contributed by atoms with Gasteiger partial charge in [0.15, 0.2) is 35.8 Å². The molecule has 0 radical (unpaired) electrons. The van der Waals surface area contributed by atoms with Gasteiger partial charge in [0, 0.05) is 38.1 Å². The molecular weight excluding hydrogens is 350 g/mol. The molecule has 7 nitrogen and oxygen atoms in total. The Balaban J connectivity index is 1.58. The number of piperidine rings is 1. The van der Waals surface area contributed by atoms with Gasteiger partial charge in [-0.05, 0) is 11.6 Å². The lowest BCUT2D eigenvalue weighted by atomic mass is 10.0. The molecule has 9 heteroatoms. The molecule has 0 bridgehead atoms. The fourth-order valence-corrected chi connectivity index (χ4v) is 3.88. The Bertz CT molecular complexity index is 707. The van der Waals surface area contributed by atoms with Gasteiger partial charge in [-0.2, -0.15) is 4.79 Å². The van der Waals surface area contributed by atoms with Crippen molar-refractivity contribution in [3.05, 3.63) is 23.8 Å². The molecule has 0 aliphatic carbocycles. The number of carbonyl (C=O) groups is 1. The zero-order valence-electron chi connectivity index (χ0n) is 14.4. The van der Waals surface area contributed by atoms with E-state index in [1.807, 2.05) is 0 Å². The SMILES string of the molecule is CC1C[N@+](O)(c2cc(F)c(N3CCC4(CC3)OCCO4)c(F)c2)C(=O)O1. The predicted molar refractivity (Wildman–Crippen MR) is 86.8 cm³/mol. The highest BCUT2D eigenvalue weighted by molar-refractivity contribution is 5.82. The first-order chi connectivity index (χ1) is 12.3. The van der Waals surface area contributed by atoms with Crippen LogP contribution in [0.1, 0.15) is 19.8 Å². The molecule has 26 heavy (non-hydrogen) atoms. The average Bonchev–Trinajstić information content (AvgIpc) is 3.14. The van der Waals surface area contributed by atoms with Crippen molar-refractivity contribution in [1.29, 1.82) is 0 Å². The lowest BCUT2D eigenvalue weighted by Gasteiger charge is -2.38. The minimum atomic E-state index is -1.26. The topological polar surface area (TPSA) is 68.2 Å². The van der Waals surface area contributed by atoms with Gasteiger partial charge in [-0.25, -0.2) is 14.0 Å². The first kappa shape index (κ1) is 17.6. The Labute approximate surface area is 149 Å². The maximum atomic E-state index is 14.7. The first-order valence-electron chi connectivity index (χ1n) is 8.67. The molecule has 3 aliphatic rings. The van der Waals surface area contributed by atoms with Crippen molar-refractivity contribution in [2.24, 2.45) is 0 Å². The van der Waals surface area contributed by atoms with E-state index < -0.39 is 34.3 Å². The predicted octanol–water partition coefficient (Wildman–Crippen LogP) is 2.54. The van der Waals surface area contributed by atoms with Crippen LogP contribution in [0.15, 0.2) is 12.1 Å². The number of amides is 1. The molecular formula is C17H21F2N2O5+. The first-order valence-corrected chi connectivity index (χ1v) is 8.67. The average molecular weight is 371 g/mol. The fraction of sp³-hybridized carbons (Fsp3) is 0.588. The molecule has 3 aliphatic heterocycles. The Morgan fingerprint density at radius 2 is 1.77 bits per heavy atom. The second-order valence-corrected chi connectivity index (χ2v) is 7.00. The number of ether oxygens (including phenoxy) is 3. The standard InChI is InChI=1S/C17H21F2N2O5/c1-11-10-21(23,16(22)26-11)12-8-13(18)15(14(19)9-12)20-4-2-17(3-5-20)24-6-7-25-17/h8-9,11,23H,2-7,10H2,1H3/q+1/t11?,21-/m0/s1. The Hall–Kier alpha value is -1.81. The third-order valence-electron chi connectivity index (χ3n) is 5.21. The largest absolute Gasteiger partial charge is 0.555 e. The van der Waals surface area contributed by atoms with Crippen LogP contribution in [0.25, 0.3) is 0 Å². The number of hydroxylamine groups is 2. The number of carbonyl (C=O) groups excluding carboxylic acids is 1. The van der Waals surface area contributed by atoms with Gasteiger partial charge in [-0.3, -0.25) is 0 Å². The van der Waals surface area contributed by atoms with Gasteiger partial charge in [0.05, 0.1) is 13.2 Å². The van der Waals surface area contributed by atoms with Crippen molar-refractivity contribution in [2.45, 2.75) is 31.7 Å². The lowest BCUT2D eigenvalue weighted by Crippen LogP contribution is -2.47. The van der Waals surface area contributed by atoms with E-state index in [1.54, 1.807) is 11.8 Å². The van der Waals surface area contributed by atoms with Crippen LogP contribution in [-0.4, -0.2) is 56.0 Å². The molecule has 1 spiro atoms. The van der Waals surface area contributed by atoms with Gasteiger partial charge in [-0.15, -0.1) is 0 Å². The van der Waals surface area contributed by atoms with Gasteiger partial charge in [0.1, 0.15) is 5.69 Å². The number of quaternary nitrogens is 1. The monoisotopic (exact) mass is 371 g/mol. The summed E-state index contributed by atoms with van der Waals surface area (Å²) in [5, 5.41) is 10.5. The highest BCUT2D eigenvalue weighted by Gasteiger charge is 2.51. The van der Waals surface area contributed by atoms with E-state index >= 15 is 0 Å². The van der Waals surface area contributed by atoms with Crippen LogP contribution in [0.3, 0.4) is 0 Å². The van der Waals surface area contributed by atoms with Crippen molar-refractivity contribution in [2.75, 3.05) is 37.7 Å². The van der Waals surface area contributed by atoms with Crippen molar-refractivity contribution >= 4 is 17.5 Å². The number of hydrogen-bond donors (Lipinski definition) is 1. The Kier molecular flexibility index (Phi) is 4.14. The Morgan fingerprint density at radius 1 is 1.19 bits per heavy atom. The molecule has 1 unspecified atom stereocenters. The molecule has 4 rings (SSSR count). The van der Waals surface area contributed by atoms with Crippen LogP contribution in [0.4, 0.5) is 25.0 Å². The van der Waals surface area contributed by atoms with E-state index in [0.717, 1.165) is 12.1 Å². The van der Waals surface area contributed by atoms with E-state index in [-0.39, 0.29) is 17.9 Å². The smallest absolute Gasteiger partial charge is 0.408 e. The highest BCUT2D eigenvalue weighted by Crippen LogP contribution is 2.38. The van der Waals surface area contributed by atoms with Gasteiger partial charge < -0.3 is 19.1 Å². The van der Waals surface area contributed by atoms with Gasteiger partial charge in [0.25, 0.3) is 0 Å². The number of cyclic esters (lactones) is 1. The number of anilines is 1. The quantitative estimate of drug-likeness (QED) is 0.637. The summed E-state index contributed by atoms with van der Waals surface area (Å²) in [7, 11) is 0. The van der Waals surface area contributed by atoms with Crippen LogP contribution in [0.2, 0.25) is 0 Å². The van der Waals surface area contributed by atoms with Gasteiger partial charge in [0.2, 0.25) is 0 Å². The number of benzene rings is 1. The van der Waals surface area contributed by atoms with Crippen molar-refractivity contribution in [1.82, 2.24) is 4.65 Å². The molecule has 3 heterocycles. The number of rotatable bonds is 2. The summed E-state index contributed by atoms with van der Waals surface area (Å²) < 4.78 is 44.3. The van der Waals surface area contributed by atoms with Crippen molar-refractivity contribution in [3.63, 3.8) is 0 Å².